The molecule has 0 bridgehead atoms. The number of carbonyl (C=O) groups is 2. The Labute approximate surface area is 209 Å². The molecule has 7 heteroatoms. The quantitative estimate of drug-likeness (QED) is 0.426. The van der Waals surface area contributed by atoms with Crippen LogP contribution in [0.2, 0.25) is 0 Å². The summed E-state index contributed by atoms with van der Waals surface area (Å²) in [5.41, 5.74) is 7.91. The molecule has 1 aromatic rings. The van der Waals surface area contributed by atoms with Crippen molar-refractivity contribution >= 4 is 11.7 Å². The number of benzene rings is 1. The minimum Gasteiger partial charge on any atom is -0.388 e. The Morgan fingerprint density at radius 2 is 1.74 bits per heavy atom. The predicted octanol–water partition coefficient (Wildman–Crippen LogP) is 2.64. The number of hydrogen-bond donors (Lipinski definition) is 4. The van der Waals surface area contributed by atoms with Crippen molar-refractivity contribution in [2.75, 3.05) is 20.6 Å². The van der Waals surface area contributed by atoms with Gasteiger partial charge < -0.3 is 10.4 Å². The molecule has 7 nitrogen and oxygen atoms in total. The molecule has 1 amide bonds. The van der Waals surface area contributed by atoms with Gasteiger partial charge in [0.15, 0.2) is 0 Å². The Bertz CT molecular complexity index is 915. The summed E-state index contributed by atoms with van der Waals surface area (Å²) < 4.78 is 0. The Morgan fingerprint density at radius 1 is 1.06 bits per heavy atom. The first kappa shape index (κ1) is 24.9. The number of nitrogens with one attached hydrogen (secondary N) is 3. The molecule has 0 radical (unpaired) electrons. The number of amides is 1. The van der Waals surface area contributed by atoms with Crippen LogP contribution >= 0.6 is 0 Å². The van der Waals surface area contributed by atoms with Crippen molar-refractivity contribution in [1.82, 2.24) is 21.1 Å². The lowest BCUT2D eigenvalue weighted by molar-refractivity contribution is -0.140. The first-order chi connectivity index (χ1) is 16.7. The SMILES string of the molecule is CN(C)C1(c2ccccc2)CCC2(CC1)CC(C1CC(O)(CNC(=O)C(=O)CC3CCC3)C1)NN2. The third kappa shape index (κ3) is 4.93. The lowest BCUT2D eigenvalue weighted by atomic mass is 9.63. The zero-order valence-corrected chi connectivity index (χ0v) is 21.3. The third-order valence-corrected chi connectivity index (χ3v) is 9.72. The molecule has 4 fully saturated rings. The molecule has 5 rings (SSSR count). The van der Waals surface area contributed by atoms with Crippen molar-refractivity contribution < 1.29 is 14.7 Å². The predicted molar refractivity (Wildman–Crippen MR) is 135 cm³/mol. The highest BCUT2D eigenvalue weighted by atomic mass is 16.3. The maximum atomic E-state index is 12.2. The molecule has 1 spiro atoms. The standard InChI is InChI=1S/C28H42N4O3/c1-32(2)28(22-9-4-3-5-10-22)13-11-26(12-14-28)18-23(30-31-26)21-16-27(35,17-21)19-29-25(34)24(33)15-20-7-6-8-20/h3-5,9-10,20-21,23,30-31,35H,6-8,11-19H2,1-2H3,(H,29,34). The molecular formula is C28H42N4O3. The van der Waals surface area contributed by atoms with Gasteiger partial charge in [0.2, 0.25) is 5.78 Å². The average Bonchev–Trinajstić information content (AvgIpc) is 3.22. The monoisotopic (exact) mass is 482 g/mol. The Hall–Kier alpha value is -1.80. The first-order valence-electron chi connectivity index (χ1n) is 13.5. The van der Waals surface area contributed by atoms with Crippen LogP contribution in [0.3, 0.4) is 0 Å². The van der Waals surface area contributed by atoms with Crippen molar-refractivity contribution in [1.29, 1.82) is 0 Å². The molecular weight excluding hydrogens is 440 g/mol. The Balaban J connectivity index is 1.09. The number of nitrogens with zero attached hydrogens (tertiary/aromatic N) is 1. The van der Waals surface area contributed by atoms with E-state index < -0.39 is 11.5 Å². The highest BCUT2D eigenvalue weighted by Gasteiger charge is 2.53. The van der Waals surface area contributed by atoms with E-state index in [0.717, 1.165) is 51.4 Å². The third-order valence-electron chi connectivity index (χ3n) is 9.72. The number of aliphatic hydroxyl groups is 1. The number of ketones is 1. The van der Waals surface area contributed by atoms with E-state index in [1.165, 1.54) is 5.56 Å². The Morgan fingerprint density at radius 3 is 2.34 bits per heavy atom. The average molecular weight is 483 g/mol. The van der Waals surface area contributed by atoms with Crippen LogP contribution in [-0.2, 0) is 15.1 Å². The molecule has 192 valence electrons. The second-order valence-electron chi connectivity index (χ2n) is 12.2. The zero-order chi connectivity index (χ0) is 24.7. The first-order valence-corrected chi connectivity index (χ1v) is 13.5. The van der Waals surface area contributed by atoms with Gasteiger partial charge in [-0.1, -0.05) is 36.8 Å². The van der Waals surface area contributed by atoms with Crippen LogP contribution in [-0.4, -0.2) is 59.5 Å². The van der Waals surface area contributed by atoms with Crippen LogP contribution < -0.4 is 16.2 Å². The van der Waals surface area contributed by atoms with Crippen molar-refractivity contribution in [3.05, 3.63) is 35.9 Å². The summed E-state index contributed by atoms with van der Waals surface area (Å²) in [6.07, 6.45) is 10.4. The van der Waals surface area contributed by atoms with E-state index in [1.807, 2.05) is 0 Å². The molecule has 1 unspecified atom stereocenters. The van der Waals surface area contributed by atoms with Gasteiger partial charge in [-0.15, -0.1) is 0 Å². The van der Waals surface area contributed by atoms with Crippen LogP contribution in [0.4, 0.5) is 0 Å². The van der Waals surface area contributed by atoms with Crippen molar-refractivity contribution in [2.24, 2.45) is 11.8 Å². The smallest absolute Gasteiger partial charge is 0.287 e. The van der Waals surface area contributed by atoms with Gasteiger partial charge in [0.1, 0.15) is 0 Å². The number of rotatable bonds is 8. The van der Waals surface area contributed by atoms with Gasteiger partial charge in [0.25, 0.3) is 5.91 Å². The molecule has 35 heavy (non-hydrogen) atoms. The fourth-order valence-corrected chi connectivity index (χ4v) is 7.01. The van der Waals surface area contributed by atoms with Crippen molar-refractivity contribution in [3.8, 4) is 0 Å². The molecule has 4 N–H and O–H groups in total. The van der Waals surface area contributed by atoms with E-state index >= 15 is 0 Å². The van der Waals surface area contributed by atoms with E-state index in [-0.39, 0.29) is 23.4 Å². The topological polar surface area (TPSA) is 93.7 Å². The van der Waals surface area contributed by atoms with E-state index in [1.54, 1.807) is 0 Å². The second kappa shape index (κ2) is 9.58. The molecule has 1 aromatic carbocycles. The number of carbonyl (C=O) groups excluding carboxylic acids is 2. The van der Waals surface area contributed by atoms with Gasteiger partial charge in [-0.05, 0) is 89.3 Å². The summed E-state index contributed by atoms with van der Waals surface area (Å²) in [5, 5.41) is 13.6. The number of hydrazine groups is 1. The maximum absolute atomic E-state index is 12.2. The van der Waals surface area contributed by atoms with E-state index in [4.69, 9.17) is 0 Å². The second-order valence-corrected chi connectivity index (χ2v) is 12.2. The summed E-state index contributed by atoms with van der Waals surface area (Å²) in [4.78, 5) is 26.6. The molecule has 3 saturated carbocycles. The fourth-order valence-electron chi connectivity index (χ4n) is 7.01. The number of hydrogen-bond acceptors (Lipinski definition) is 6. The summed E-state index contributed by atoms with van der Waals surface area (Å²) in [7, 11) is 4.39. The normalized spacial score (nSPS) is 37.1. The lowest BCUT2D eigenvalue weighted by Crippen LogP contribution is -2.57. The van der Waals surface area contributed by atoms with Crippen LogP contribution in [0.5, 0.6) is 0 Å². The molecule has 1 heterocycles. The summed E-state index contributed by atoms with van der Waals surface area (Å²) in [6.45, 7) is 0.173. The zero-order valence-electron chi connectivity index (χ0n) is 21.3. The van der Waals surface area contributed by atoms with Crippen LogP contribution in [0, 0.1) is 11.8 Å². The maximum Gasteiger partial charge on any atom is 0.287 e. The lowest BCUT2D eigenvalue weighted by Gasteiger charge is -2.49. The van der Waals surface area contributed by atoms with Crippen molar-refractivity contribution in [2.45, 2.75) is 93.3 Å². The minimum absolute atomic E-state index is 0.0806. The summed E-state index contributed by atoms with van der Waals surface area (Å²) in [6, 6.07) is 11.2. The van der Waals surface area contributed by atoms with E-state index in [0.29, 0.717) is 37.1 Å². The Kier molecular flexibility index (Phi) is 6.81. The van der Waals surface area contributed by atoms with E-state index in [9.17, 15) is 14.7 Å². The summed E-state index contributed by atoms with van der Waals surface area (Å²) in [5.74, 6) is -0.102. The highest BCUT2D eigenvalue weighted by Crippen LogP contribution is 2.49. The summed E-state index contributed by atoms with van der Waals surface area (Å²) >= 11 is 0. The number of Topliss-reactive ketones (excluding diaryl/α,β-unsaturated/α-hetero) is 1. The van der Waals surface area contributed by atoms with E-state index in [2.05, 4.69) is 65.5 Å². The van der Waals surface area contributed by atoms with Gasteiger partial charge >= 0.3 is 0 Å². The molecule has 3 aliphatic carbocycles. The molecule has 0 aromatic heterocycles. The fraction of sp³-hybridized carbons (Fsp3) is 0.714. The van der Waals surface area contributed by atoms with Crippen molar-refractivity contribution in [3.63, 3.8) is 0 Å². The van der Waals surface area contributed by atoms with Gasteiger partial charge in [-0.3, -0.25) is 25.3 Å². The molecule has 4 aliphatic rings. The van der Waals surface area contributed by atoms with Gasteiger partial charge in [0, 0.05) is 30.1 Å². The highest BCUT2D eigenvalue weighted by molar-refractivity contribution is 6.36. The molecule has 1 atom stereocenters. The van der Waals surface area contributed by atoms with Gasteiger partial charge in [0.05, 0.1) is 5.60 Å². The molecule has 1 saturated heterocycles. The largest absolute Gasteiger partial charge is 0.388 e. The van der Waals surface area contributed by atoms with Gasteiger partial charge in [-0.2, -0.15) is 0 Å². The van der Waals surface area contributed by atoms with Crippen LogP contribution in [0.25, 0.3) is 0 Å². The van der Waals surface area contributed by atoms with Crippen LogP contribution in [0.15, 0.2) is 30.3 Å². The van der Waals surface area contributed by atoms with Gasteiger partial charge in [-0.25, -0.2) is 0 Å². The van der Waals surface area contributed by atoms with Crippen LogP contribution in [0.1, 0.15) is 76.2 Å². The molecule has 1 aliphatic heterocycles. The minimum atomic E-state index is -0.894.